The van der Waals surface area contributed by atoms with Crippen LogP contribution in [-0.2, 0) is 23.8 Å². The molecule has 0 unspecified atom stereocenters. The van der Waals surface area contributed by atoms with Crippen LogP contribution in [0.4, 0.5) is 0 Å². The summed E-state index contributed by atoms with van der Waals surface area (Å²) < 4.78 is 14.9. The summed E-state index contributed by atoms with van der Waals surface area (Å²) in [7, 11) is 0. The van der Waals surface area contributed by atoms with Gasteiger partial charge in [0.15, 0.2) is 0 Å². The maximum absolute atomic E-state index is 11.3. The molecule has 0 aromatic carbocycles. The van der Waals surface area contributed by atoms with E-state index in [1.165, 1.54) is 0 Å². The van der Waals surface area contributed by atoms with Crippen molar-refractivity contribution in [2.75, 3.05) is 26.4 Å². The van der Waals surface area contributed by atoms with Crippen molar-refractivity contribution in [1.29, 1.82) is 0 Å². The number of ether oxygens (including phenoxy) is 3. The van der Waals surface area contributed by atoms with E-state index < -0.39 is 11.9 Å². The van der Waals surface area contributed by atoms with Crippen molar-refractivity contribution in [2.24, 2.45) is 5.41 Å². The molecule has 0 aromatic heterocycles. The average Bonchev–Trinajstić information content (AvgIpc) is 2.35. The van der Waals surface area contributed by atoms with E-state index >= 15 is 0 Å². The zero-order valence-electron chi connectivity index (χ0n) is 13.2. The summed E-state index contributed by atoms with van der Waals surface area (Å²) >= 11 is 0. The first-order chi connectivity index (χ1) is 9.35. The van der Waals surface area contributed by atoms with Crippen molar-refractivity contribution < 1.29 is 23.8 Å². The lowest BCUT2D eigenvalue weighted by molar-refractivity contribution is -0.157. The number of hydrogen-bond donors (Lipinski definition) is 0. The van der Waals surface area contributed by atoms with Gasteiger partial charge < -0.3 is 14.2 Å². The first-order valence-electron chi connectivity index (χ1n) is 7.24. The molecule has 0 atom stereocenters. The largest absolute Gasteiger partial charge is 0.464 e. The maximum Gasteiger partial charge on any atom is 0.332 e. The lowest BCUT2D eigenvalue weighted by Crippen LogP contribution is -2.23. The molecule has 0 rings (SSSR count). The van der Waals surface area contributed by atoms with Gasteiger partial charge in [-0.3, -0.25) is 0 Å². The molecule has 0 radical (unpaired) electrons. The van der Waals surface area contributed by atoms with Gasteiger partial charge in [-0.05, 0) is 11.8 Å². The SMILES string of the molecule is CCCCCCOC(=O)COCC(=O)OCC(C)(C)C. The van der Waals surface area contributed by atoms with Gasteiger partial charge in [-0.25, -0.2) is 9.59 Å². The van der Waals surface area contributed by atoms with Crippen molar-refractivity contribution in [3.63, 3.8) is 0 Å². The van der Waals surface area contributed by atoms with Crippen molar-refractivity contribution in [3.05, 3.63) is 0 Å². The summed E-state index contributed by atoms with van der Waals surface area (Å²) in [6.45, 7) is 8.34. The van der Waals surface area contributed by atoms with E-state index in [1.54, 1.807) is 0 Å². The third kappa shape index (κ3) is 13.3. The van der Waals surface area contributed by atoms with Crippen LogP contribution >= 0.6 is 0 Å². The van der Waals surface area contributed by atoms with Crippen molar-refractivity contribution in [2.45, 2.75) is 53.4 Å². The Morgan fingerprint density at radius 2 is 1.50 bits per heavy atom. The Kier molecular flexibility index (Phi) is 10.1. The fraction of sp³-hybridized carbons (Fsp3) is 0.867. The summed E-state index contributed by atoms with van der Waals surface area (Å²) in [6.07, 6.45) is 4.22. The lowest BCUT2D eigenvalue weighted by atomic mass is 9.99. The number of unbranched alkanes of at least 4 members (excludes halogenated alkanes) is 3. The summed E-state index contributed by atoms with van der Waals surface area (Å²) in [5.74, 6) is -0.902. The van der Waals surface area contributed by atoms with Crippen molar-refractivity contribution in [3.8, 4) is 0 Å². The van der Waals surface area contributed by atoms with Crippen LogP contribution in [-0.4, -0.2) is 38.4 Å². The van der Waals surface area contributed by atoms with Crippen LogP contribution in [0, 0.1) is 5.41 Å². The van der Waals surface area contributed by atoms with E-state index in [9.17, 15) is 9.59 Å². The second-order valence-corrected chi connectivity index (χ2v) is 6.00. The first kappa shape index (κ1) is 18.9. The highest BCUT2D eigenvalue weighted by Crippen LogP contribution is 2.12. The quantitative estimate of drug-likeness (QED) is 0.457. The van der Waals surface area contributed by atoms with E-state index in [2.05, 4.69) is 6.92 Å². The van der Waals surface area contributed by atoms with Crippen LogP contribution in [0.3, 0.4) is 0 Å². The molecule has 0 aliphatic heterocycles. The Morgan fingerprint density at radius 3 is 2.05 bits per heavy atom. The van der Waals surface area contributed by atoms with Crippen LogP contribution in [0.2, 0.25) is 0 Å². The normalized spacial score (nSPS) is 11.2. The van der Waals surface area contributed by atoms with Crippen LogP contribution in [0.1, 0.15) is 53.4 Å². The minimum Gasteiger partial charge on any atom is -0.464 e. The Morgan fingerprint density at radius 1 is 0.900 bits per heavy atom. The van der Waals surface area contributed by atoms with Gasteiger partial charge in [-0.15, -0.1) is 0 Å². The molecule has 0 saturated carbocycles. The van der Waals surface area contributed by atoms with Gasteiger partial charge in [-0.2, -0.15) is 0 Å². The lowest BCUT2D eigenvalue weighted by Gasteiger charge is -2.17. The summed E-state index contributed by atoms with van der Waals surface area (Å²) in [4.78, 5) is 22.6. The Bertz CT molecular complexity index is 280. The Labute approximate surface area is 122 Å². The predicted molar refractivity (Wildman–Crippen MR) is 76.3 cm³/mol. The van der Waals surface area contributed by atoms with E-state index in [1.807, 2.05) is 20.8 Å². The molecule has 0 heterocycles. The summed E-state index contributed by atoms with van der Waals surface area (Å²) in [6, 6.07) is 0. The molecule has 0 aromatic rings. The summed E-state index contributed by atoms with van der Waals surface area (Å²) in [5, 5.41) is 0. The van der Waals surface area contributed by atoms with Crippen LogP contribution in [0.15, 0.2) is 0 Å². The molecule has 118 valence electrons. The van der Waals surface area contributed by atoms with E-state index in [4.69, 9.17) is 14.2 Å². The molecule has 0 saturated heterocycles. The van der Waals surface area contributed by atoms with E-state index in [0.717, 1.165) is 25.7 Å². The predicted octanol–water partition coefficient (Wildman–Crippen LogP) is 2.72. The minimum absolute atomic E-state index is 0.0763. The smallest absolute Gasteiger partial charge is 0.332 e. The van der Waals surface area contributed by atoms with Gasteiger partial charge >= 0.3 is 11.9 Å². The van der Waals surface area contributed by atoms with Gasteiger partial charge in [-0.1, -0.05) is 47.0 Å². The zero-order chi connectivity index (χ0) is 15.4. The number of hydrogen-bond acceptors (Lipinski definition) is 5. The third-order valence-electron chi connectivity index (χ3n) is 2.37. The molecule has 0 aliphatic carbocycles. The first-order valence-corrected chi connectivity index (χ1v) is 7.24. The fourth-order valence-electron chi connectivity index (χ4n) is 1.31. The molecular formula is C15H28O5. The molecule has 5 nitrogen and oxygen atoms in total. The van der Waals surface area contributed by atoms with Gasteiger partial charge in [0.05, 0.1) is 13.2 Å². The molecule has 5 heteroatoms. The molecule has 0 spiro atoms. The van der Waals surface area contributed by atoms with Crippen LogP contribution < -0.4 is 0 Å². The molecule has 0 bridgehead atoms. The topological polar surface area (TPSA) is 61.8 Å². The van der Waals surface area contributed by atoms with Crippen molar-refractivity contribution in [1.82, 2.24) is 0 Å². The Hall–Kier alpha value is -1.10. The number of rotatable bonds is 10. The minimum atomic E-state index is -0.462. The van der Waals surface area contributed by atoms with Gasteiger partial charge in [0, 0.05) is 0 Å². The van der Waals surface area contributed by atoms with Gasteiger partial charge in [0.25, 0.3) is 0 Å². The molecule has 0 fully saturated rings. The fourth-order valence-corrected chi connectivity index (χ4v) is 1.31. The highest BCUT2D eigenvalue weighted by Gasteiger charge is 2.14. The molecule has 0 aliphatic rings. The average molecular weight is 288 g/mol. The standard InChI is InChI=1S/C15H28O5/c1-5-6-7-8-9-19-13(16)10-18-11-14(17)20-12-15(2,3)4/h5-12H2,1-4H3. The second-order valence-electron chi connectivity index (χ2n) is 6.00. The molecule has 20 heavy (non-hydrogen) atoms. The monoisotopic (exact) mass is 288 g/mol. The molecule has 0 amide bonds. The van der Waals surface area contributed by atoms with Gasteiger partial charge in [0.2, 0.25) is 0 Å². The highest BCUT2D eigenvalue weighted by molar-refractivity contribution is 5.73. The van der Waals surface area contributed by atoms with E-state index in [0.29, 0.717) is 13.2 Å². The van der Waals surface area contributed by atoms with Gasteiger partial charge in [0.1, 0.15) is 13.2 Å². The molecular weight excluding hydrogens is 260 g/mol. The third-order valence-corrected chi connectivity index (χ3v) is 2.37. The highest BCUT2D eigenvalue weighted by atomic mass is 16.6. The summed E-state index contributed by atoms with van der Waals surface area (Å²) in [5.41, 5.74) is -0.0763. The number of carbonyl (C=O) groups excluding carboxylic acids is 2. The molecule has 0 N–H and O–H groups in total. The van der Waals surface area contributed by atoms with Crippen molar-refractivity contribution >= 4 is 11.9 Å². The van der Waals surface area contributed by atoms with Crippen LogP contribution in [0.25, 0.3) is 0 Å². The van der Waals surface area contributed by atoms with Crippen LogP contribution in [0.5, 0.6) is 0 Å². The second kappa shape index (κ2) is 10.7. The number of esters is 2. The number of carbonyl (C=O) groups is 2. The van der Waals surface area contributed by atoms with E-state index in [-0.39, 0.29) is 18.6 Å². The maximum atomic E-state index is 11.3. The Balaban J connectivity index is 3.49. The zero-order valence-corrected chi connectivity index (χ0v) is 13.2.